The number of hydrogen-bond donors (Lipinski definition) is 0. The van der Waals surface area contributed by atoms with Crippen LogP contribution in [0.15, 0.2) is 36.7 Å². The number of aryl methyl sites for hydroxylation is 2. The lowest BCUT2D eigenvalue weighted by Gasteiger charge is -2.27. The summed E-state index contributed by atoms with van der Waals surface area (Å²) in [5.41, 5.74) is 1.94. The molecular weight excluding hydrogens is 500 g/mol. The van der Waals surface area contributed by atoms with Crippen LogP contribution in [0.2, 0.25) is 0 Å². The van der Waals surface area contributed by atoms with Gasteiger partial charge in [-0.3, -0.25) is 14.5 Å². The lowest BCUT2D eigenvalue weighted by molar-refractivity contribution is -0.141. The number of pyridine rings is 1. The van der Waals surface area contributed by atoms with E-state index in [9.17, 15) is 14.4 Å². The number of aromatic nitrogens is 3. The maximum atomic E-state index is 12.9. The summed E-state index contributed by atoms with van der Waals surface area (Å²) in [6.07, 6.45) is 10.2. The van der Waals surface area contributed by atoms with E-state index in [0.717, 1.165) is 30.5 Å². The second-order valence-corrected chi connectivity index (χ2v) is 10.5. The number of esters is 1. The summed E-state index contributed by atoms with van der Waals surface area (Å²) in [5.74, 6) is -0.287. The van der Waals surface area contributed by atoms with Crippen molar-refractivity contribution in [1.82, 2.24) is 15.0 Å². The van der Waals surface area contributed by atoms with Crippen LogP contribution in [0.5, 0.6) is 6.01 Å². The topological polar surface area (TPSA) is 121 Å². The van der Waals surface area contributed by atoms with E-state index in [2.05, 4.69) is 9.97 Å². The second kappa shape index (κ2) is 13.8. The number of allylic oxidation sites excluding steroid dienone is 2. The molecule has 3 rings (SSSR count). The predicted octanol–water partition coefficient (Wildman–Crippen LogP) is 4.75. The van der Waals surface area contributed by atoms with Crippen LogP contribution < -0.4 is 9.64 Å². The van der Waals surface area contributed by atoms with Gasteiger partial charge in [0.25, 0.3) is 0 Å². The molecule has 39 heavy (non-hydrogen) atoms. The third kappa shape index (κ3) is 9.15. The van der Waals surface area contributed by atoms with Crippen molar-refractivity contribution in [3.8, 4) is 6.01 Å². The molecule has 210 valence electrons. The molecule has 3 heterocycles. The van der Waals surface area contributed by atoms with Crippen molar-refractivity contribution in [2.45, 2.75) is 77.2 Å². The summed E-state index contributed by atoms with van der Waals surface area (Å²) in [4.78, 5) is 52.1. The van der Waals surface area contributed by atoms with Gasteiger partial charge in [0.2, 0.25) is 0 Å². The van der Waals surface area contributed by atoms with Crippen molar-refractivity contribution in [2.75, 3.05) is 25.7 Å². The average Bonchev–Trinajstić information content (AvgIpc) is 3.12. The van der Waals surface area contributed by atoms with Crippen LogP contribution >= 0.6 is 0 Å². The number of ketones is 1. The summed E-state index contributed by atoms with van der Waals surface area (Å²) in [5, 5.41) is 0. The Morgan fingerprint density at radius 2 is 1.82 bits per heavy atom. The predicted molar refractivity (Wildman–Crippen MR) is 146 cm³/mol. The molecule has 2 aromatic heterocycles. The molecule has 0 aliphatic carbocycles. The van der Waals surface area contributed by atoms with Crippen LogP contribution in [0.1, 0.15) is 75.6 Å². The lowest BCUT2D eigenvalue weighted by atomic mass is 9.92. The smallest absolute Gasteiger partial charge is 0.416 e. The maximum Gasteiger partial charge on any atom is 0.416 e. The molecule has 0 N–H and O–H groups in total. The number of rotatable bonds is 10. The van der Waals surface area contributed by atoms with E-state index in [1.165, 1.54) is 20.3 Å². The fourth-order valence-corrected chi connectivity index (χ4v) is 4.26. The van der Waals surface area contributed by atoms with Crippen molar-refractivity contribution in [1.29, 1.82) is 0 Å². The number of carbonyl (C=O) groups excluding carboxylic acids is 3. The van der Waals surface area contributed by atoms with Gasteiger partial charge < -0.3 is 14.2 Å². The Kier molecular flexibility index (Phi) is 10.5. The normalized spacial score (nSPS) is 14.3. The number of fused-ring (bicyclic) bond motifs is 1. The van der Waals surface area contributed by atoms with Crippen LogP contribution in [0.3, 0.4) is 0 Å². The Bertz CT molecular complexity index is 1170. The Hall–Kier alpha value is -3.82. The molecule has 1 amide bonds. The molecule has 0 bridgehead atoms. The van der Waals surface area contributed by atoms with Crippen molar-refractivity contribution in [3.05, 3.63) is 53.5 Å². The fraction of sp³-hybridized carbons (Fsp3) is 0.517. The molecule has 1 atom stereocenters. The van der Waals surface area contributed by atoms with E-state index in [-0.39, 0.29) is 30.7 Å². The SMILES string of the molecule is COC(=O)C[C@H](CC(=O)/C=C/CCc1ccc2c(n1)N(C(=O)OC(C)(C)C)CCCC2)c1cnc(OC)nc1. The summed E-state index contributed by atoms with van der Waals surface area (Å²) in [6.45, 7) is 6.12. The summed E-state index contributed by atoms with van der Waals surface area (Å²) in [7, 11) is 2.78. The minimum atomic E-state index is -0.589. The number of amides is 1. The minimum absolute atomic E-state index is 0.0406. The molecule has 0 fully saturated rings. The Morgan fingerprint density at radius 3 is 2.49 bits per heavy atom. The highest BCUT2D eigenvalue weighted by molar-refractivity contribution is 5.90. The average molecular weight is 539 g/mol. The number of ether oxygens (including phenoxy) is 3. The first-order valence-corrected chi connectivity index (χ1v) is 13.2. The van der Waals surface area contributed by atoms with E-state index < -0.39 is 17.5 Å². The van der Waals surface area contributed by atoms with Gasteiger partial charge in [-0.2, -0.15) is 0 Å². The molecule has 10 nitrogen and oxygen atoms in total. The molecule has 0 radical (unpaired) electrons. The molecule has 0 spiro atoms. The van der Waals surface area contributed by atoms with Gasteiger partial charge in [0.05, 0.1) is 20.6 Å². The van der Waals surface area contributed by atoms with Gasteiger partial charge in [-0.15, -0.1) is 0 Å². The molecular formula is C29H38N4O6. The van der Waals surface area contributed by atoms with E-state index in [1.54, 1.807) is 23.4 Å². The van der Waals surface area contributed by atoms with Crippen molar-refractivity contribution >= 4 is 23.7 Å². The Labute approximate surface area is 229 Å². The fourth-order valence-electron chi connectivity index (χ4n) is 4.26. The molecule has 0 saturated carbocycles. The first kappa shape index (κ1) is 29.7. The lowest BCUT2D eigenvalue weighted by Crippen LogP contribution is -2.38. The van der Waals surface area contributed by atoms with Crippen LogP contribution in [0, 0.1) is 0 Å². The second-order valence-electron chi connectivity index (χ2n) is 10.5. The molecule has 0 saturated heterocycles. The van der Waals surface area contributed by atoms with Gasteiger partial charge in [-0.25, -0.2) is 19.7 Å². The molecule has 0 unspecified atom stereocenters. The van der Waals surface area contributed by atoms with E-state index in [0.29, 0.717) is 30.8 Å². The number of carbonyl (C=O) groups is 3. The third-order valence-corrected chi connectivity index (χ3v) is 6.22. The van der Waals surface area contributed by atoms with Crippen molar-refractivity contribution in [2.24, 2.45) is 0 Å². The number of nitrogens with zero attached hydrogens (tertiary/aromatic N) is 4. The van der Waals surface area contributed by atoms with Gasteiger partial charge in [0.1, 0.15) is 11.4 Å². The maximum absolute atomic E-state index is 12.9. The van der Waals surface area contributed by atoms with Gasteiger partial charge in [-0.1, -0.05) is 12.1 Å². The molecule has 10 heteroatoms. The zero-order chi connectivity index (χ0) is 28.4. The highest BCUT2D eigenvalue weighted by Crippen LogP contribution is 2.27. The summed E-state index contributed by atoms with van der Waals surface area (Å²) in [6, 6.07) is 4.22. The highest BCUT2D eigenvalue weighted by atomic mass is 16.6. The van der Waals surface area contributed by atoms with E-state index >= 15 is 0 Å². The van der Waals surface area contributed by atoms with Crippen molar-refractivity contribution < 1.29 is 28.6 Å². The molecule has 0 aromatic carbocycles. The zero-order valence-corrected chi connectivity index (χ0v) is 23.4. The Balaban J connectivity index is 1.63. The summed E-state index contributed by atoms with van der Waals surface area (Å²) >= 11 is 0. The van der Waals surface area contributed by atoms with Gasteiger partial charge in [0, 0.05) is 37.0 Å². The van der Waals surface area contributed by atoms with E-state index in [1.807, 2.05) is 32.9 Å². The number of anilines is 1. The van der Waals surface area contributed by atoms with Crippen LogP contribution in [0.25, 0.3) is 0 Å². The van der Waals surface area contributed by atoms with Crippen LogP contribution in [-0.4, -0.2) is 59.2 Å². The van der Waals surface area contributed by atoms with Gasteiger partial charge in [-0.05, 0) is 76.1 Å². The van der Waals surface area contributed by atoms with Crippen LogP contribution in [0.4, 0.5) is 10.6 Å². The first-order valence-electron chi connectivity index (χ1n) is 13.2. The zero-order valence-electron chi connectivity index (χ0n) is 23.4. The summed E-state index contributed by atoms with van der Waals surface area (Å²) < 4.78 is 15.4. The molecule has 1 aliphatic heterocycles. The number of hydrogen-bond acceptors (Lipinski definition) is 9. The first-order chi connectivity index (χ1) is 18.6. The molecule has 2 aromatic rings. The standard InChI is InChI=1S/C29H38N4O6/c1-29(2,3)39-28(36)33-15-9-8-10-20-13-14-23(32-26(20)33)11-6-7-12-24(34)16-21(17-25(35)37-4)22-18-30-27(38-5)31-19-22/h7,12-14,18-19,21H,6,8-11,15-17H2,1-5H3/b12-7+/t21-/m0/s1. The molecule has 1 aliphatic rings. The van der Waals surface area contributed by atoms with Gasteiger partial charge >= 0.3 is 18.1 Å². The van der Waals surface area contributed by atoms with Crippen LogP contribution in [-0.2, 0) is 31.9 Å². The highest BCUT2D eigenvalue weighted by Gasteiger charge is 2.27. The third-order valence-electron chi connectivity index (χ3n) is 6.22. The number of methoxy groups -OCH3 is 2. The minimum Gasteiger partial charge on any atom is -0.469 e. The van der Waals surface area contributed by atoms with E-state index in [4.69, 9.17) is 19.2 Å². The van der Waals surface area contributed by atoms with Gasteiger partial charge in [0.15, 0.2) is 5.78 Å². The monoisotopic (exact) mass is 538 g/mol. The van der Waals surface area contributed by atoms with Crippen molar-refractivity contribution in [3.63, 3.8) is 0 Å². The quantitative estimate of drug-likeness (QED) is 0.311. The Morgan fingerprint density at radius 1 is 1.08 bits per heavy atom. The largest absolute Gasteiger partial charge is 0.469 e.